The van der Waals surface area contributed by atoms with Crippen LogP contribution < -0.4 is 0 Å². The Morgan fingerprint density at radius 3 is 1.65 bits per heavy atom. The Kier molecular flexibility index (Phi) is 9.46. The molecule has 0 aromatic rings. The summed E-state index contributed by atoms with van der Waals surface area (Å²) in [5.74, 6) is 0. The van der Waals surface area contributed by atoms with E-state index in [1.165, 1.54) is 13.8 Å². The second-order valence-electron chi connectivity index (χ2n) is 3.06. The standard InChI is InChI=1S/C9H20FNO7P2/c1-5-14-19(12,15-6-2)9(10)11-18-20(13,16-7-3)17-8-4/h5-8H2,1-4H3/b11-9-. The number of nitrogens with zero attached hydrogens (tertiary/aromatic N) is 1. The first-order valence-electron chi connectivity index (χ1n) is 6.08. The molecule has 0 aliphatic rings. The molecule has 11 heteroatoms. The van der Waals surface area contributed by atoms with E-state index in [-0.39, 0.29) is 26.4 Å². The van der Waals surface area contributed by atoms with Gasteiger partial charge >= 0.3 is 21.1 Å². The summed E-state index contributed by atoms with van der Waals surface area (Å²) in [5, 5.41) is 2.87. The molecule has 0 rings (SSSR count). The SMILES string of the molecule is CCOP(=O)(OCC)O/N=C(/F)P(=O)(OCC)OCC. The molecule has 20 heavy (non-hydrogen) atoms. The Balaban J connectivity index is 5.00. The zero-order valence-corrected chi connectivity index (χ0v) is 13.7. The summed E-state index contributed by atoms with van der Waals surface area (Å²) >= 11 is 0. The molecular weight excluding hydrogens is 315 g/mol. The van der Waals surface area contributed by atoms with Gasteiger partial charge in [-0.15, -0.1) is 0 Å². The van der Waals surface area contributed by atoms with Crippen LogP contribution in [0.4, 0.5) is 4.39 Å². The summed E-state index contributed by atoms with van der Waals surface area (Å²) < 4.78 is 60.7. The lowest BCUT2D eigenvalue weighted by Gasteiger charge is -2.15. The third-order valence-corrected chi connectivity index (χ3v) is 4.78. The van der Waals surface area contributed by atoms with Gasteiger partial charge in [-0.1, -0.05) is 0 Å². The summed E-state index contributed by atoms with van der Waals surface area (Å²) in [6.45, 7) is 5.98. The van der Waals surface area contributed by atoms with E-state index >= 15 is 0 Å². The van der Waals surface area contributed by atoms with Crippen LogP contribution in [0.5, 0.6) is 0 Å². The molecule has 0 aliphatic carbocycles. The van der Waals surface area contributed by atoms with Crippen LogP contribution in [-0.2, 0) is 31.8 Å². The fraction of sp³-hybridized carbons (Fsp3) is 0.889. The van der Waals surface area contributed by atoms with Crippen molar-refractivity contribution >= 4 is 21.1 Å². The second kappa shape index (κ2) is 9.60. The van der Waals surface area contributed by atoms with Crippen LogP contribution in [0, 0.1) is 0 Å². The van der Waals surface area contributed by atoms with Crippen LogP contribution in [0.15, 0.2) is 5.16 Å². The predicted octanol–water partition coefficient (Wildman–Crippen LogP) is 3.69. The molecule has 120 valence electrons. The molecule has 0 bridgehead atoms. The van der Waals surface area contributed by atoms with E-state index < -0.39 is 21.1 Å². The Morgan fingerprint density at radius 1 is 0.900 bits per heavy atom. The first kappa shape index (κ1) is 19.7. The van der Waals surface area contributed by atoms with Crippen LogP contribution in [0.3, 0.4) is 0 Å². The van der Waals surface area contributed by atoms with Crippen LogP contribution in [-0.4, -0.2) is 32.1 Å². The Morgan fingerprint density at radius 2 is 1.30 bits per heavy atom. The minimum atomic E-state index is -4.21. The first-order chi connectivity index (χ1) is 9.37. The highest BCUT2D eigenvalue weighted by Gasteiger charge is 2.35. The lowest BCUT2D eigenvalue weighted by Crippen LogP contribution is -2.04. The van der Waals surface area contributed by atoms with E-state index in [2.05, 4.69) is 9.78 Å². The topological polar surface area (TPSA) is 92.7 Å². The van der Waals surface area contributed by atoms with E-state index in [0.29, 0.717) is 0 Å². The lowest BCUT2D eigenvalue weighted by atomic mass is 10.9. The van der Waals surface area contributed by atoms with Crippen molar-refractivity contribution in [2.75, 3.05) is 26.4 Å². The molecule has 0 unspecified atom stereocenters. The van der Waals surface area contributed by atoms with Crippen molar-refractivity contribution in [3.05, 3.63) is 0 Å². The minimum Gasteiger partial charge on any atom is -0.303 e. The minimum absolute atomic E-state index is 0.00297. The zero-order chi connectivity index (χ0) is 15.6. The van der Waals surface area contributed by atoms with Gasteiger partial charge in [0.25, 0.3) is 0 Å². The van der Waals surface area contributed by atoms with Crippen LogP contribution in [0.2, 0.25) is 0 Å². The Labute approximate surface area is 117 Å². The maximum atomic E-state index is 13.7. The molecule has 0 atom stereocenters. The summed E-state index contributed by atoms with van der Waals surface area (Å²) in [5.41, 5.74) is -1.55. The number of hydrogen-bond donors (Lipinski definition) is 0. The van der Waals surface area contributed by atoms with Crippen molar-refractivity contribution in [2.24, 2.45) is 5.16 Å². The molecule has 0 aliphatic heterocycles. The molecule has 0 N–H and O–H groups in total. The van der Waals surface area contributed by atoms with Crippen molar-refractivity contribution in [3.8, 4) is 0 Å². The monoisotopic (exact) mass is 335 g/mol. The lowest BCUT2D eigenvalue weighted by molar-refractivity contribution is 0.123. The van der Waals surface area contributed by atoms with Gasteiger partial charge in [0.15, 0.2) is 0 Å². The Hall–Kier alpha value is -0.300. The molecule has 8 nitrogen and oxygen atoms in total. The van der Waals surface area contributed by atoms with E-state index in [0.717, 1.165) is 0 Å². The third kappa shape index (κ3) is 6.43. The first-order valence-corrected chi connectivity index (χ1v) is 9.08. The van der Waals surface area contributed by atoms with E-state index in [9.17, 15) is 13.5 Å². The smallest absolute Gasteiger partial charge is 0.303 e. The van der Waals surface area contributed by atoms with Gasteiger partial charge in [0, 0.05) is 0 Å². The highest BCUT2D eigenvalue weighted by atomic mass is 31.2. The van der Waals surface area contributed by atoms with Gasteiger partial charge in [-0.2, -0.15) is 4.39 Å². The average Bonchev–Trinajstić information content (AvgIpc) is 2.37. The molecule has 0 aromatic heterocycles. The normalized spacial score (nSPS) is 13.6. The molecule has 0 saturated heterocycles. The number of phosphoric ester groups is 1. The quantitative estimate of drug-likeness (QED) is 0.323. The van der Waals surface area contributed by atoms with Gasteiger partial charge in [0.05, 0.1) is 26.4 Å². The maximum Gasteiger partial charge on any atom is 0.550 e. The summed E-state index contributed by atoms with van der Waals surface area (Å²) in [6, 6.07) is 0. The molecular formula is C9H20FNO7P2. The number of oxime groups is 1. The van der Waals surface area contributed by atoms with Crippen LogP contribution >= 0.6 is 15.4 Å². The zero-order valence-electron chi connectivity index (χ0n) is 11.9. The number of rotatable bonds is 11. The largest absolute Gasteiger partial charge is 0.550 e. The molecule has 0 saturated carbocycles. The molecule has 0 spiro atoms. The van der Waals surface area contributed by atoms with Gasteiger partial charge in [0.2, 0.25) is 0 Å². The molecule has 0 fully saturated rings. The van der Waals surface area contributed by atoms with E-state index in [4.69, 9.17) is 18.1 Å². The van der Waals surface area contributed by atoms with Gasteiger partial charge in [-0.05, 0) is 32.9 Å². The van der Waals surface area contributed by atoms with Gasteiger partial charge in [-0.25, -0.2) is 9.13 Å². The number of phosphoric acid groups is 1. The summed E-state index contributed by atoms with van der Waals surface area (Å²) in [7, 11) is -8.25. The van der Waals surface area contributed by atoms with Crippen LogP contribution in [0.1, 0.15) is 27.7 Å². The van der Waals surface area contributed by atoms with Crippen molar-refractivity contribution < 1.29 is 36.2 Å². The van der Waals surface area contributed by atoms with Crippen molar-refractivity contribution in [3.63, 3.8) is 0 Å². The summed E-state index contributed by atoms with van der Waals surface area (Å²) in [6.07, 6.45) is 0. The number of halogens is 1. The van der Waals surface area contributed by atoms with E-state index in [1.807, 2.05) is 0 Å². The van der Waals surface area contributed by atoms with Crippen molar-refractivity contribution in [2.45, 2.75) is 27.7 Å². The third-order valence-electron chi connectivity index (χ3n) is 1.61. The fourth-order valence-corrected chi connectivity index (χ4v) is 3.16. The molecule has 0 aromatic carbocycles. The highest BCUT2D eigenvalue weighted by Crippen LogP contribution is 2.53. The van der Waals surface area contributed by atoms with Gasteiger partial charge < -0.3 is 9.05 Å². The van der Waals surface area contributed by atoms with Gasteiger partial charge in [-0.3, -0.25) is 13.7 Å². The molecule has 0 heterocycles. The maximum absolute atomic E-state index is 13.7. The predicted molar refractivity (Wildman–Crippen MR) is 71.3 cm³/mol. The second-order valence-corrected chi connectivity index (χ2v) is 6.51. The molecule has 0 radical (unpaired) electrons. The number of hydrogen-bond acceptors (Lipinski definition) is 8. The average molecular weight is 335 g/mol. The van der Waals surface area contributed by atoms with E-state index in [1.54, 1.807) is 13.8 Å². The Bertz CT molecular complexity index is 384. The fourth-order valence-electron chi connectivity index (χ4n) is 1.02. The summed E-state index contributed by atoms with van der Waals surface area (Å²) in [4.78, 5) is 0. The van der Waals surface area contributed by atoms with Crippen molar-refractivity contribution in [1.82, 2.24) is 0 Å². The van der Waals surface area contributed by atoms with Gasteiger partial charge in [0.1, 0.15) is 0 Å². The van der Waals surface area contributed by atoms with Crippen molar-refractivity contribution in [1.29, 1.82) is 0 Å². The highest BCUT2D eigenvalue weighted by molar-refractivity contribution is 7.71. The van der Waals surface area contributed by atoms with Crippen LogP contribution in [0.25, 0.3) is 0 Å². The molecule has 0 amide bonds.